The molecule has 5 rings (SSSR count). The second kappa shape index (κ2) is 4.93. The number of aliphatic imine (C=N–C) groups is 1. The van der Waals surface area contributed by atoms with Gasteiger partial charge < -0.3 is 4.57 Å². The fourth-order valence-electron chi connectivity index (χ4n) is 3.46. The van der Waals surface area contributed by atoms with Crippen LogP contribution < -0.4 is 0 Å². The van der Waals surface area contributed by atoms with Gasteiger partial charge in [0.2, 0.25) is 0 Å². The SMILES string of the molecule is Cc1ccc(N=C2c3ccccc3-n3c2cc2ccccc23)cc1. The third-order valence-electron chi connectivity index (χ3n) is 4.63. The van der Waals surface area contributed by atoms with Gasteiger partial charge in [0.25, 0.3) is 0 Å². The van der Waals surface area contributed by atoms with E-state index in [-0.39, 0.29) is 0 Å². The van der Waals surface area contributed by atoms with Crippen molar-refractivity contribution in [2.24, 2.45) is 4.99 Å². The van der Waals surface area contributed by atoms with E-state index in [1.165, 1.54) is 27.7 Å². The standard InChI is InChI=1S/C22H16N2/c1-15-10-12-17(13-11-15)23-22-18-7-3-5-9-20(18)24-19-8-4-2-6-16(19)14-21(22)24/h2-14H,1H3. The van der Waals surface area contributed by atoms with Crippen LogP contribution in [0.25, 0.3) is 16.6 Å². The van der Waals surface area contributed by atoms with Crippen molar-refractivity contribution in [1.82, 2.24) is 4.57 Å². The maximum absolute atomic E-state index is 4.97. The van der Waals surface area contributed by atoms with Crippen molar-refractivity contribution in [2.75, 3.05) is 0 Å². The summed E-state index contributed by atoms with van der Waals surface area (Å²) in [4.78, 5) is 4.97. The molecule has 24 heavy (non-hydrogen) atoms. The lowest BCUT2D eigenvalue weighted by molar-refractivity contribution is 1.14. The maximum atomic E-state index is 4.97. The molecule has 0 radical (unpaired) electrons. The molecular weight excluding hydrogens is 292 g/mol. The summed E-state index contributed by atoms with van der Waals surface area (Å²) >= 11 is 0. The fourth-order valence-corrected chi connectivity index (χ4v) is 3.46. The zero-order chi connectivity index (χ0) is 16.1. The molecule has 1 aliphatic heterocycles. The van der Waals surface area contributed by atoms with Gasteiger partial charge in [0.1, 0.15) is 0 Å². The first-order valence-electron chi connectivity index (χ1n) is 8.17. The number of hydrogen-bond acceptors (Lipinski definition) is 1. The molecule has 2 heterocycles. The van der Waals surface area contributed by atoms with Gasteiger partial charge in [-0.3, -0.25) is 0 Å². The summed E-state index contributed by atoms with van der Waals surface area (Å²) in [6, 6.07) is 27.6. The number of benzene rings is 3. The fraction of sp³-hybridized carbons (Fsp3) is 0.0455. The number of fused-ring (bicyclic) bond motifs is 5. The van der Waals surface area contributed by atoms with Crippen LogP contribution in [0.4, 0.5) is 5.69 Å². The Bertz CT molecular complexity index is 1100. The summed E-state index contributed by atoms with van der Waals surface area (Å²) in [6.07, 6.45) is 0. The minimum absolute atomic E-state index is 0.990. The predicted molar refractivity (Wildman–Crippen MR) is 99.8 cm³/mol. The highest BCUT2D eigenvalue weighted by atomic mass is 15.0. The van der Waals surface area contributed by atoms with E-state index in [0.717, 1.165) is 17.1 Å². The van der Waals surface area contributed by atoms with E-state index in [2.05, 4.69) is 90.4 Å². The van der Waals surface area contributed by atoms with Gasteiger partial charge in [-0.2, -0.15) is 0 Å². The van der Waals surface area contributed by atoms with Crippen LogP contribution in [-0.2, 0) is 0 Å². The molecule has 0 unspecified atom stereocenters. The summed E-state index contributed by atoms with van der Waals surface area (Å²) in [6.45, 7) is 2.10. The molecule has 114 valence electrons. The van der Waals surface area contributed by atoms with Crippen LogP contribution in [0.5, 0.6) is 0 Å². The molecule has 3 aromatic carbocycles. The van der Waals surface area contributed by atoms with Gasteiger partial charge in [-0.1, -0.05) is 54.1 Å². The van der Waals surface area contributed by atoms with Gasteiger partial charge >= 0.3 is 0 Å². The topological polar surface area (TPSA) is 17.3 Å². The Morgan fingerprint density at radius 1 is 0.792 bits per heavy atom. The van der Waals surface area contributed by atoms with Crippen LogP contribution in [0.1, 0.15) is 16.8 Å². The summed E-state index contributed by atoms with van der Waals surface area (Å²) in [5, 5.41) is 1.25. The van der Waals surface area contributed by atoms with Crippen LogP contribution in [0, 0.1) is 6.92 Å². The first-order valence-corrected chi connectivity index (χ1v) is 8.17. The van der Waals surface area contributed by atoms with Crippen LogP contribution in [-0.4, -0.2) is 10.3 Å². The lowest BCUT2D eigenvalue weighted by Gasteiger charge is -2.03. The van der Waals surface area contributed by atoms with E-state index >= 15 is 0 Å². The van der Waals surface area contributed by atoms with Crippen LogP contribution in [0.15, 0.2) is 83.9 Å². The van der Waals surface area contributed by atoms with E-state index in [0.29, 0.717) is 0 Å². The zero-order valence-corrected chi connectivity index (χ0v) is 13.4. The van der Waals surface area contributed by atoms with E-state index < -0.39 is 0 Å². The molecule has 0 fully saturated rings. The quantitative estimate of drug-likeness (QED) is 0.393. The van der Waals surface area contributed by atoms with Gasteiger partial charge in [0.05, 0.1) is 28.3 Å². The molecule has 4 aromatic rings. The Kier molecular flexibility index (Phi) is 2.74. The molecule has 2 heteroatoms. The van der Waals surface area contributed by atoms with Crippen LogP contribution in [0.2, 0.25) is 0 Å². The van der Waals surface area contributed by atoms with E-state index in [1.54, 1.807) is 0 Å². The molecule has 0 saturated carbocycles. The molecule has 1 aliphatic rings. The molecular formula is C22H16N2. The molecule has 2 nitrogen and oxygen atoms in total. The average Bonchev–Trinajstić information content (AvgIpc) is 3.13. The summed E-state index contributed by atoms with van der Waals surface area (Å²) in [7, 11) is 0. The maximum Gasteiger partial charge on any atom is 0.0970 e. The monoisotopic (exact) mass is 308 g/mol. The van der Waals surface area contributed by atoms with Crippen molar-refractivity contribution in [3.63, 3.8) is 0 Å². The molecule has 0 aliphatic carbocycles. The molecule has 0 atom stereocenters. The normalized spacial score (nSPS) is 14.1. The zero-order valence-electron chi connectivity index (χ0n) is 13.4. The van der Waals surface area contributed by atoms with Gasteiger partial charge in [0, 0.05) is 10.9 Å². The van der Waals surface area contributed by atoms with E-state index in [4.69, 9.17) is 4.99 Å². The Balaban J connectivity index is 1.82. The number of aryl methyl sites for hydroxylation is 1. The predicted octanol–water partition coefficient (Wildman–Crippen LogP) is 5.42. The van der Waals surface area contributed by atoms with Crippen LogP contribution in [0.3, 0.4) is 0 Å². The highest BCUT2D eigenvalue weighted by Crippen LogP contribution is 2.35. The van der Waals surface area contributed by atoms with Crippen molar-refractivity contribution in [2.45, 2.75) is 6.92 Å². The molecule has 0 N–H and O–H groups in total. The van der Waals surface area contributed by atoms with Gasteiger partial charge in [-0.05, 0) is 37.3 Å². The van der Waals surface area contributed by atoms with Gasteiger partial charge in [-0.25, -0.2) is 4.99 Å². The highest BCUT2D eigenvalue weighted by molar-refractivity contribution is 6.20. The Hall–Kier alpha value is -3.13. The van der Waals surface area contributed by atoms with Crippen molar-refractivity contribution >= 4 is 22.3 Å². The summed E-state index contributed by atoms with van der Waals surface area (Å²) < 4.78 is 2.32. The van der Waals surface area contributed by atoms with Gasteiger partial charge in [-0.15, -0.1) is 0 Å². The minimum Gasteiger partial charge on any atom is -0.307 e. The molecule has 0 spiro atoms. The van der Waals surface area contributed by atoms with Crippen molar-refractivity contribution in [3.8, 4) is 5.69 Å². The molecule has 1 aromatic heterocycles. The largest absolute Gasteiger partial charge is 0.307 e. The highest BCUT2D eigenvalue weighted by Gasteiger charge is 2.26. The third kappa shape index (κ3) is 1.86. The van der Waals surface area contributed by atoms with Gasteiger partial charge in [0.15, 0.2) is 0 Å². The number of hydrogen-bond donors (Lipinski definition) is 0. The van der Waals surface area contributed by atoms with Crippen molar-refractivity contribution < 1.29 is 0 Å². The summed E-state index contributed by atoms with van der Waals surface area (Å²) in [5.41, 5.74) is 8.08. The van der Waals surface area contributed by atoms with Crippen molar-refractivity contribution in [1.29, 1.82) is 0 Å². The lowest BCUT2D eigenvalue weighted by atomic mass is 10.1. The lowest BCUT2D eigenvalue weighted by Crippen LogP contribution is -1.97. The average molecular weight is 308 g/mol. The number of nitrogens with zero attached hydrogens (tertiary/aromatic N) is 2. The molecule has 0 saturated heterocycles. The summed E-state index contributed by atoms with van der Waals surface area (Å²) in [5.74, 6) is 0. The van der Waals surface area contributed by atoms with Crippen molar-refractivity contribution in [3.05, 3.63) is 95.7 Å². The second-order valence-corrected chi connectivity index (χ2v) is 6.24. The number of aromatic nitrogens is 1. The second-order valence-electron chi connectivity index (χ2n) is 6.24. The van der Waals surface area contributed by atoms with E-state index in [9.17, 15) is 0 Å². The number of para-hydroxylation sites is 2. The first kappa shape index (κ1) is 13.3. The molecule has 0 bridgehead atoms. The van der Waals surface area contributed by atoms with Crippen LogP contribution >= 0.6 is 0 Å². The Morgan fingerprint density at radius 3 is 2.42 bits per heavy atom. The Labute approximate surface area is 140 Å². The third-order valence-corrected chi connectivity index (χ3v) is 4.63. The first-order chi connectivity index (χ1) is 11.8. The molecule has 0 amide bonds. The van der Waals surface area contributed by atoms with E-state index in [1.807, 2.05) is 0 Å². The Morgan fingerprint density at radius 2 is 1.54 bits per heavy atom. The number of rotatable bonds is 1. The minimum atomic E-state index is 0.990. The smallest absolute Gasteiger partial charge is 0.0970 e.